The average molecular weight is 470 g/mol. The van der Waals surface area contributed by atoms with Crippen molar-refractivity contribution < 1.29 is 14.3 Å². The van der Waals surface area contributed by atoms with E-state index < -0.39 is 17.7 Å². The molecule has 0 spiro atoms. The van der Waals surface area contributed by atoms with Gasteiger partial charge in [0, 0.05) is 10.1 Å². The summed E-state index contributed by atoms with van der Waals surface area (Å²) in [5, 5.41) is 2.71. The molecule has 26 heavy (non-hydrogen) atoms. The van der Waals surface area contributed by atoms with E-state index in [4.69, 9.17) is 4.74 Å². The molecule has 1 aromatic carbocycles. The highest BCUT2D eigenvalue weighted by Crippen LogP contribution is 2.25. The Morgan fingerprint density at radius 2 is 2.12 bits per heavy atom. The Bertz CT molecular complexity index is 697. The van der Waals surface area contributed by atoms with Crippen molar-refractivity contribution in [2.45, 2.75) is 58.2 Å². The van der Waals surface area contributed by atoms with Gasteiger partial charge in [0.25, 0.3) is 0 Å². The number of rotatable bonds is 4. The number of carbonyl (C=O) groups excluding carboxylic acids is 2. The van der Waals surface area contributed by atoms with Gasteiger partial charge in [-0.15, -0.1) is 0 Å². The van der Waals surface area contributed by atoms with Crippen molar-refractivity contribution in [2.24, 2.45) is 0 Å². The number of likely N-dealkylation sites (tertiary alicyclic amines) is 1. The molecule has 0 aliphatic carbocycles. The summed E-state index contributed by atoms with van der Waals surface area (Å²) in [4.78, 5) is 26.7. The summed E-state index contributed by atoms with van der Waals surface area (Å²) in [6, 6.07) is 7.39. The number of amides is 2. The van der Waals surface area contributed by atoms with Crippen LogP contribution in [0, 0.1) is 3.57 Å². The molecule has 1 heterocycles. The van der Waals surface area contributed by atoms with E-state index in [1.165, 1.54) is 0 Å². The van der Waals surface area contributed by atoms with Gasteiger partial charge in [-0.05, 0) is 86.4 Å². The first-order valence-electron chi connectivity index (χ1n) is 8.83. The second kappa shape index (κ2) is 8.41. The molecule has 2 amide bonds. The Morgan fingerprint density at radius 3 is 2.73 bits per heavy atom. The van der Waals surface area contributed by atoms with Crippen molar-refractivity contribution in [1.82, 2.24) is 10.2 Å². The monoisotopic (exact) mass is 470 g/mol. The van der Waals surface area contributed by atoms with Crippen LogP contribution in [0.2, 0.25) is 0 Å². The maximum absolute atomic E-state index is 12.9. The fourth-order valence-electron chi connectivity index (χ4n) is 2.99. The predicted octanol–water partition coefficient (Wildman–Crippen LogP) is 4.21. The number of piperidine rings is 1. The van der Waals surface area contributed by atoms with Crippen LogP contribution in [0.15, 0.2) is 30.8 Å². The van der Waals surface area contributed by atoms with Crippen molar-refractivity contribution in [3.63, 3.8) is 0 Å². The normalized spacial score (nSPS) is 19.0. The highest BCUT2D eigenvalue weighted by Gasteiger charge is 2.34. The second-order valence-electron chi connectivity index (χ2n) is 7.58. The van der Waals surface area contributed by atoms with E-state index in [-0.39, 0.29) is 11.9 Å². The number of hydrogen-bond acceptors (Lipinski definition) is 3. The van der Waals surface area contributed by atoms with Gasteiger partial charge < -0.3 is 15.0 Å². The molecule has 6 heteroatoms. The summed E-state index contributed by atoms with van der Waals surface area (Å²) in [5.41, 5.74) is 1.34. The highest BCUT2D eigenvalue weighted by atomic mass is 127. The third-order valence-corrected chi connectivity index (χ3v) is 5.00. The number of carbonyl (C=O) groups is 2. The molecule has 1 unspecified atom stereocenters. The molecule has 142 valence electrons. The Labute approximate surface area is 169 Å². The molecule has 0 saturated carbocycles. The number of nitrogens with one attached hydrogen (secondary N) is 1. The van der Waals surface area contributed by atoms with Crippen LogP contribution in [0.25, 0.3) is 5.57 Å². The summed E-state index contributed by atoms with van der Waals surface area (Å²) < 4.78 is 6.40. The lowest BCUT2D eigenvalue weighted by molar-refractivity contribution is -0.137. The molecule has 2 rings (SSSR count). The van der Waals surface area contributed by atoms with Crippen molar-refractivity contribution in [3.8, 4) is 0 Å². The zero-order valence-electron chi connectivity index (χ0n) is 15.8. The van der Waals surface area contributed by atoms with Crippen LogP contribution < -0.4 is 5.32 Å². The summed E-state index contributed by atoms with van der Waals surface area (Å²) in [6.45, 7) is 12.2. The van der Waals surface area contributed by atoms with E-state index in [2.05, 4.69) is 40.6 Å². The van der Waals surface area contributed by atoms with Crippen molar-refractivity contribution >= 4 is 40.2 Å². The first-order chi connectivity index (χ1) is 12.1. The van der Waals surface area contributed by atoms with E-state index in [1.54, 1.807) is 25.7 Å². The van der Waals surface area contributed by atoms with Crippen molar-refractivity contribution in [3.05, 3.63) is 40.0 Å². The largest absolute Gasteiger partial charge is 0.444 e. The summed E-state index contributed by atoms with van der Waals surface area (Å²) >= 11 is 2.26. The molecule has 1 aliphatic heterocycles. The molecule has 0 bridgehead atoms. The SMILES string of the molecule is C=C(c1cccc(I)c1)[C@@H](C)N1CCCC(NC(=O)OC(C)(C)C)C1=O. The standard InChI is InChI=1S/C20H27IN2O3/c1-13(15-8-6-9-16(21)12-15)14(2)23-11-7-10-17(18(23)24)22-19(25)26-20(3,4)5/h6,8-9,12,14,17H,1,7,10-11H2,2-5H3,(H,22,25)/t14-,17?/m1/s1. The lowest BCUT2D eigenvalue weighted by Gasteiger charge is -2.37. The van der Waals surface area contributed by atoms with Crippen molar-refractivity contribution in [2.75, 3.05) is 6.54 Å². The van der Waals surface area contributed by atoms with Crippen LogP contribution in [-0.2, 0) is 9.53 Å². The van der Waals surface area contributed by atoms with Gasteiger partial charge in [-0.1, -0.05) is 18.7 Å². The van der Waals surface area contributed by atoms with E-state index in [1.807, 2.05) is 25.1 Å². The van der Waals surface area contributed by atoms with E-state index in [0.717, 1.165) is 21.1 Å². The van der Waals surface area contributed by atoms with Gasteiger partial charge in [0.1, 0.15) is 11.6 Å². The van der Waals surface area contributed by atoms with Crippen LogP contribution in [-0.4, -0.2) is 41.1 Å². The smallest absolute Gasteiger partial charge is 0.408 e. The molecule has 5 nitrogen and oxygen atoms in total. The Balaban J connectivity index is 2.06. The average Bonchev–Trinajstić information content (AvgIpc) is 2.54. The molecule has 1 N–H and O–H groups in total. The molecule has 0 aromatic heterocycles. The molecular weight excluding hydrogens is 443 g/mol. The van der Waals surface area contributed by atoms with Gasteiger partial charge in [-0.25, -0.2) is 4.79 Å². The van der Waals surface area contributed by atoms with Crippen LogP contribution in [0.5, 0.6) is 0 Å². The number of nitrogens with zero attached hydrogens (tertiary/aromatic N) is 1. The van der Waals surface area contributed by atoms with Gasteiger partial charge >= 0.3 is 6.09 Å². The first-order valence-corrected chi connectivity index (χ1v) is 9.91. The quantitative estimate of drug-likeness (QED) is 0.671. The second-order valence-corrected chi connectivity index (χ2v) is 8.83. The van der Waals surface area contributed by atoms with E-state index in [0.29, 0.717) is 13.0 Å². The first kappa shape index (κ1) is 20.7. The predicted molar refractivity (Wildman–Crippen MR) is 112 cm³/mol. The van der Waals surface area contributed by atoms with Crippen LogP contribution >= 0.6 is 22.6 Å². The number of halogens is 1. The molecule has 1 fully saturated rings. The van der Waals surface area contributed by atoms with Crippen molar-refractivity contribution in [1.29, 1.82) is 0 Å². The van der Waals surface area contributed by atoms with Gasteiger partial charge in [0.2, 0.25) is 5.91 Å². The fourth-order valence-corrected chi connectivity index (χ4v) is 3.53. The maximum Gasteiger partial charge on any atom is 0.408 e. The van der Waals surface area contributed by atoms with Gasteiger partial charge in [-0.2, -0.15) is 0 Å². The number of ether oxygens (including phenoxy) is 1. The van der Waals surface area contributed by atoms with Gasteiger partial charge in [0.15, 0.2) is 0 Å². The zero-order chi connectivity index (χ0) is 19.5. The number of hydrogen-bond donors (Lipinski definition) is 1. The molecule has 1 aliphatic rings. The third kappa shape index (κ3) is 5.46. The fraction of sp³-hybridized carbons (Fsp3) is 0.500. The Morgan fingerprint density at radius 1 is 1.42 bits per heavy atom. The Hall–Kier alpha value is -1.57. The van der Waals surface area contributed by atoms with E-state index >= 15 is 0 Å². The molecule has 1 aromatic rings. The molecule has 1 saturated heterocycles. The summed E-state index contributed by atoms with van der Waals surface area (Å²) in [6.07, 6.45) is 0.898. The number of benzene rings is 1. The minimum atomic E-state index is -0.590. The molecule has 0 radical (unpaired) electrons. The summed E-state index contributed by atoms with van der Waals surface area (Å²) in [7, 11) is 0. The van der Waals surface area contributed by atoms with Gasteiger partial charge in [-0.3, -0.25) is 4.79 Å². The lowest BCUT2D eigenvalue weighted by Crippen LogP contribution is -2.55. The topological polar surface area (TPSA) is 58.6 Å². The lowest BCUT2D eigenvalue weighted by atomic mass is 9.96. The third-order valence-electron chi connectivity index (χ3n) is 4.33. The van der Waals surface area contributed by atoms with Crippen LogP contribution in [0.4, 0.5) is 4.79 Å². The minimum absolute atomic E-state index is 0.0820. The van der Waals surface area contributed by atoms with Crippen LogP contribution in [0.1, 0.15) is 46.1 Å². The van der Waals surface area contributed by atoms with E-state index in [9.17, 15) is 9.59 Å². The Kier molecular flexibility index (Phi) is 6.71. The van der Waals surface area contributed by atoms with Gasteiger partial charge in [0.05, 0.1) is 6.04 Å². The minimum Gasteiger partial charge on any atom is -0.444 e. The highest BCUT2D eigenvalue weighted by molar-refractivity contribution is 14.1. The molecular formula is C20H27IN2O3. The number of alkyl carbamates (subject to hydrolysis) is 1. The van der Waals surface area contributed by atoms with Crippen LogP contribution in [0.3, 0.4) is 0 Å². The summed E-state index contributed by atoms with van der Waals surface area (Å²) in [5.74, 6) is -0.0820. The zero-order valence-corrected chi connectivity index (χ0v) is 18.0. The molecule has 2 atom stereocenters. The maximum atomic E-state index is 12.9.